The molecule has 140 valence electrons. The maximum absolute atomic E-state index is 12.8. The number of nitrogens with zero attached hydrogens (tertiary/aromatic N) is 2. The van der Waals surface area contributed by atoms with Crippen LogP contribution < -0.4 is 10.2 Å². The van der Waals surface area contributed by atoms with Crippen LogP contribution in [0.15, 0.2) is 42.5 Å². The van der Waals surface area contributed by atoms with Crippen LogP contribution in [0.4, 0.5) is 5.69 Å². The minimum Gasteiger partial charge on any atom is -0.368 e. The molecule has 0 aliphatic carbocycles. The van der Waals surface area contributed by atoms with Gasteiger partial charge < -0.3 is 15.1 Å². The zero-order chi connectivity index (χ0) is 16.5. The van der Waals surface area contributed by atoms with E-state index in [4.69, 9.17) is 0 Å². The van der Waals surface area contributed by atoms with Gasteiger partial charge in [0, 0.05) is 50.5 Å². The average Bonchev–Trinajstić information content (AvgIpc) is 3.09. The van der Waals surface area contributed by atoms with Crippen LogP contribution in [-0.4, -0.2) is 37.0 Å². The van der Waals surface area contributed by atoms with E-state index in [0.717, 1.165) is 44.8 Å². The van der Waals surface area contributed by atoms with Crippen LogP contribution in [0.5, 0.6) is 0 Å². The number of aryl methyl sites for hydroxylation is 1. The second-order valence-corrected chi connectivity index (χ2v) is 6.65. The van der Waals surface area contributed by atoms with E-state index < -0.39 is 0 Å². The highest BCUT2D eigenvalue weighted by atomic mass is 35.5. The Bertz CT molecular complexity index is 773. The zero-order valence-electron chi connectivity index (χ0n) is 14.9. The molecule has 2 aromatic rings. The van der Waals surface area contributed by atoms with Crippen molar-refractivity contribution in [3.8, 4) is 0 Å². The van der Waals surface area contributed by atoms with E-state index in [1.807, 2.05) is 11.0 Å². The molecule has 0 atom stereocenters. The predicted octanol–water partition coefficient (Wildman–Crippen LogP) is 3.40. The molecule has 0 radical (unpaired) electrons. The first-order chi connectivity index (χ1) is 11.7. The van der Waals surface area contributed by atoms with E-state index >= 15 is 0 Å². The van der Waals surface area contributed by atoms with Crippen molar-refractivity contribution in [2.24, 2.45) is 0 Å². The summed E-state index contributed by atoms with van der Waals surface area (Å²) in [5.74, 6) is 0.161. The molecule has 4 rings (SSSR count). The lowest BCUT2D eigenvalue weighted by Gasteiger charge is -2.37. The first kappa shape index (κ1) is 20.6. The van der Waals surface area contributed by atoms with Crippen molar-refractivity contribution >= 4 is 36.4 Å². The molecule has 6 heteroatoms. The maximum Gasteiger partial charge on any atom is 0.253 e. The van der Waals surface area contributed by atoms with Crippen molar-refractivity contribution in [2.75, 3.05) is 31.1 Å². The van der Waals surface area contributed by atoms with E-state index in [0.29, 0.717) is 0 Å². The topological polar surface area (TPSA) is 35.6 Å². The van der Waals surface area contributed by atoms with Crippen LogP contribution in [0.25, 0.3) is 0 Å². The van der Waals surface area contributed by atoms with Gasteiger partial charge in [0.2, 0.25) is 0 Å². The van der Waals surface area contributed by atoms with Crippen LogP contribution in [0.2, 0.25) is 0 Å². The summed E-state index contributed by atoms with van der Waals surface area (Å²) in [4.78, 5) is 17.2. The quantitative estimate of drug-likeness (QED) is 0.848. The van der Waals surface area contributed by atoms with Gasteiger partial charge in [0.05, 0.1) is 0 Å². The van der Waals surface area contributed by atoms with Crippen LogP contribution >= 0.6 is 24.8 Å². The van der Waals surface area contributed by atoms with Crippen molar-refractivity contribution in [1.82, 2.24) is 10.2 Å². The molecule has 2 aliphatic heterocycles. The first-order valence-corrected chi connectivity index (χ1v) is 8.65. The van der Waals surface area contributed by atoms with E-state index in [9.17, 15) is 4.79 Å². The fraction of sp³-hybridized carbons (Fsp3) is 0.350. The van der Waals surface area contributed by atoms with Crippen molar-refractivity contribution in [2.45, 2.75) is 20.0 Å². The Hall–Kier alpha value is -1.75. The first-order valence-electron chi connectivity index (χ1n) is 8.65. The Kier molecular flexibility index (Phi) is 6.93. The molecule has 1 N–H and O–H groups in total. The SMILES string of the molecule is Cc1ccccc1N1CCN(C(=O)c2ccc3c(c2)CNC3)CC1.Cl.Cl. The number of piperazine rings is 1. The van der Waals surface area contributed by atoms with Gasteiger partial charge in [-0.2, -0.15) is 0 Å². The van der Waals surface area contributed by atoms with Gasteiger partial charge in [-0.25, -0.2) is 0 Å². The third-order valence-electron chi connectivity index (χ3n) is 5.11. The molecule has 2 aromatic carbocycles. The van der Waals surface area contributed by atoms with Crippen molar-refractivity contribution in [1.29, 1.82) is 0 Å². The molecule has 4 nitrogen and oxygen atoms in total. The van der Waals surface area contributed by atoms with Crippen molar-refractivity contribution < 1.29 is 4.79 Å². The summed E-state index contributed by atoms with van der Waals surface area (Å²) >= 11 is 0. The molecule has 0 aromatic heterocycles. The van der Waals surface area contributed by atoms with E-state index in [-0.39, 0.29) is 30.7 Å². The molecule has 0 spiro atoms. The Morgan fingerprint density at radius 2 is 1.62 bits per heavy atom. The number of rotatable bonds is 2. The molecule has 0 saturated carbocycles. The minimum absolute atomic E-state index is 0. The molecule has 1 fully saturated rings. The molecule has 0 bridgehead atoms. The smallest absolute Gasteiger partial charge is 0.253 e. The highest BCUT2D eigenvalue weighted by Crippen LogP contribution is 2.22. The lowest BCUT2D eigenvalue weighted by atomic mass is 10.1. The molecule has 2 heterocycles. The summed E-state index contributed by atoms with van der Waals surface area (Å²) in [6.45, 7) is 7.28. The van der Waals surface area contributed by atoms with E-state index in [1.54, 1.807) is 0 Å². The van der Waals surface area contributed by atoms with Gasteiger partial charge in [0.15, 0.2) is 0 Å². The highest BCUT2D eigenvalue weighted by molar-refractivity contribution is 5.94. The largest absolute Gasteiger partial charge is 0.368 e. The molecule has 0 unspecified atom stereocenters. The molecule has 1 saturated heterocycles. The fourth-order valence-electron chi connectivity index (χ4n) is 3.68. The van der Waals surface area contributed by atoms with Gasteiger partial charge in [-0.05, 0) is 41.8 Å². The highest BCUT2D eigenvalue weighted by Gasteiger charge is 2.23. The molecular weight excluding hydrogens is 369 g/mol. The van der Waals surface area contributed by atoms with Crippen molar-refractivity contribution in [3.63, 3.8) is 0 Å². The average molecular weight is 394 g/mol. The molecule has 26 heavy (non-hydrogen) atoms. The van der Waals surface area contributed by atoms with Crippen LogP contribution in [0.1, 0.15) is 27.0 Å². The number of para-hydroxylation sites is 1. The summed E-state index contributed by atoms with van der Waals surface area (Å²) in [6.07, 6.45) is 0. The van der Waals surface area contributed by atoms with Crippen LogP contribution in [0, 0.1) is 6.92 Å². The number of hydrogen-bond donors (Lipinski definition) is 1. The number of halogens is 2. The monoisotopic (exact) mass is 393 g/mol. The van der Waals surface area contributed by atoms with Gasteiger partial charge in [-0.3, -0.25) is 4.79 Å². The third kappa shape index (κ3) is 3.98. The van der Waals surface area contributed by atoms with Gasteiger partial charge in [0.25, 0.3) is 5.91 Å². The fourth-order valence-corrected chi connectivity index (χ4v) is 3.68. The summed E-state index contributed by atoms with van der Waals surface area (Å²) in [5, 5.41) is 3.33. The predicted molar refractivity (Wildman–Crippen MR) is 111 cm³/mol. The Labute approximate surface area is 167 Å². The second kappa shape index (κ2) is 8.76. The number of fused-ring (bicyclic) bond motifs is 1. The zero-order valence-corrected chi connectivity index (χ0v) is 16.5. The van der Waals surface area contributed by atoms with Gasteiger partial charge in [-0.15, -0.1) is 24.8 Å². The number of amides is 1. The summed E-state index contributed by atoms with van der Waals surface area (Å²) in [5.41, 5.74) is 5.98. The Balaban J connectivity index is 0.00000121. The van der Waals surface area contributed by atoms with Gasteiger partial charge in [-0.1, -0.05) is 24.3 Å². The number of carbonyl (C=O) groups is 1. The number of anilines is 1. The summed E-state index contributed by atoms with van der Waals surface area (Å²) in [7, 11) is 0. The summed E-state index contributed by atoms with van der Waals surface area (Å²) < 4.78 is 0. The van der Waals surface area contributed by atoms with Gasteiger partial charge >= 0.3 is 0 Å². The third-order valence-corrected chi connectivity index (χ3v) is 5.11. The summed E-state index contributed by atoms with van der Waals surface area (Å²) in [6, 6.07) is 14.6. The normalized spacial score (nSPS) is 15.7. The lowest BCUT2D eigenvalue weighted by Crippen LogP contribution is -2.49. The van der Waals surface area contributed by atoms with Gasteiger partial charge in [0.1, 0.15) is 0 Å². The minimum atomic E-state index is 0. The van der Waals surface area contributed by atoms with Crippen LogP contribution in [-0.2, 0) is 13.1 Å². The Morgan fingerprint density at radius 1 is 0.923 bits per heavy atom. The number of nitrogens with one attached hydrogen (secondary N) is 1. The van der Waals surface area contributed by atoms with E-state index in [1.165, 1.54) is 22.4 Å². The number of carbonyl (C=O) groups excluding carboxylic acids is 1. The molecule has 2 aliphatic rings. The van der Waals surface area contributed by atoms with Crippen molar-refractivity contribution in [3.05, 3.63) is 64.7 Å². The molecule has 1 amide bonds. The maximum atomic E-state index is 12.8. The standard InChI is InChI=1S/C20H23N3O.2ClH/c1-15-4-2-3-5-19(15)22-8-10-23(11-9-22)20(24)16-6-7-17-13-21-14-18(17)12-16;;/h2-7,12,21H,8-11,13-14H2,1H3;2*1H. The number of hydrogen-bond acceptors (Lipinski definition) is 3. The van der Waals surface area contributed by atoms with Crippen LogP contribution in [0.3, 0.4) is 0 Å². The van der Waals surface area contributed by atoms with E-state index in [2.05, 4.69) is 53.5 Å². The molecular formula is C20H25Cl2N3O. The Morgan fingerprint density at radius 3 is 2.35 bits per heavy atom. The lowest BCUT2D eigenvalue weighted by molar-refractivity contribution is 0.0746. The number of benzene rings is 2. The second-order valence-electron chi connectivity index (χ2n) is 6.65.